The number of anilines is 1. The zero-order valence-corrected chi connectivity index (χ0v) is 17.7. The minimum absolute atomic E-state index is 0.0879. The summed E-state index contributed by atoms with van der Waals surface area (Å²) in [6.07, 6.45) is 3.17. The second-order valence-electron chi connectivity index (χ2n) is 8.65. The lowest BCUT2D eigenvalue weighted by atomic mass is 9.96. The fraction of sp³-hybridized carbons (Fsp3) is 0.455. The molecular formula is C22H25FN6O2. The molecule has 1 unspecified atom stereocenters. The number of pyridine rings is 1. The maximum absolute atomic E-state index is 14.9. The van der Waals surface area contributed by atoms with Gasteiger partial charge in [-0.15, -0.1) is 10.2 Å². The van der Waals surface area contributed by atoms with E-state index in [1.54, 1.807) is 19.3 Å². The van der Waals surface area contributed by atoms with Gasteiger partial charge in [-0.3, -0.25) is 4.79 Å². The number of nitrogens with one attached hydrogen (secondary N) is 1. The Morgan fingerprint density at radius 1 is 1.26 bits per heavy atom. The molecule has 4 atom stereocenters. The second kappa shape index (κ2) is 7.26. The highest BCUT2D eigenvalue weighted by molar-refractivity contribution is 5.89. The second-order valence-corrected chi connectivity index (χ2v) is 8.65. The molecule has 0 spiro atoms. The van der Waals surface area contributed by atoms with Crippen LogP contribution in [0.15, 0.2) is 29.2 Å². The van der Waals surface area contributed by atoms with Gasteiger partial charge in [0.15, 0.2) is 11.6 Å². The summed E-state index contributed by atoms with van der Waals surface area (Å²) in [5.74, 6) is 0.648. The zero-order valence-electron chi connectivity index (χ0n) is 17.7. The largest absolute Gasteiger partial charge is 0.507 e. The number of hydrogen-bond acceptors (Lipinski definition) is 7. The molecule has 2 bridgehead atoms. The normalized spacial score (nSPS) is 25.2. The van der Waals surface area contributed by atoms with Gasteiger partial charge in [0.05, 0.1) is 23.2 Å². The molecule has 2 aromatic heterocycles. The lowest BCUT2D eigenvalue weighted by Crippen LogP contribution is -2.55. The molecule has 2 aliphatic heterocycles. The number of phenols is 1. The van der Waals surface area contributed by atoms with E-state index in [0.29, 0.717) is 28.2 Å². The maximum atomic E-state index is 14.9. The average Bonchev–Trinajstić information content (AvgIpc) is 3.18. The molecule has 0 radical (unpaired) electrons. The van der Waals surface area contributed by atoms with E-state index in [4.69, 9.17) is 0 Å². The van der Waals surface area contributed by atoms with Crippen molar-refractivity contribution in [3.63, 3.8) is 0 Å². The number of aryl methyl sites for hydroxylation is 1. The van der Waals surface area contributed by atoms with E-state index >= 15 is 0 Å². The highest BCUT2D eigenvalue weighted by atomic mass is 19.1. The third-order valence-corrected chi connectivity index (χ3v) is 6.80. The quantitative estimate of drug-likeness (QED) is 0.664. The summed E-state index contributed by atoms with van der Waals surface area (Å²) in [5, 5.41) is 23.4. The lowest BCUT2D eigenvalue weighted by Gasteiger charge is -2.38. The van der Waals surface area contributed by atoms with Crippen molar-refractivity contribution in [3.05, 3.63) is 40.4 Å². The molecule has 0 aliphatic carbocycles. The van der Waals surface area contributed by atoms with Crippen LogP contribution in [-0.2, 0) is 7.05 Å². The van der Waals surface area contributed by atoms with Crippen molar-refractivity contribution in [2.45, 2.75) is 50.5 Å². The number of aromatic hydroxyl groups is 1. The van der Waals surface area contributed by atoms with E-state index in [1.807, 2.05) is 24.9 Å². The SMILES string of the molecule is Cc1cc2cc(-c3ncc(N(C)[C@H]4CC5CC[C@@H](N5)[C@H]4F)nn3)c(O)cc2c(=O)n1C. The van der Waals surface area contributed by atoms with Crippen molar-refractivity contribution in [2.75, 3.05) is 11.9 Å². The number of alkyl halides is 1. The van der Waals surface area contributed by atoms with Crippen LogP contribution in [0.5, 0.6) is 5.75 Å². The number of hydrogen-bond donors (Lipinski definition) is 2. The van der Waals surface area contributed by atoms with Gasteiger partial charge in [0.25, 0.3) is 5.56 Å². The van der Waals surface area contributed by atoms with Crippen LogP contribution in [0.1, 0.15) is 25.0 Å². The number of halogens is 1. The van der Waals surface area contributed by atoms with E-state index in [0.717, 1.165) is 25.0 Å². The fourth-order valence-electron chi connectivity index (χ4n) is 4.82. The number of fused-ring (bicyclic) bond motifs is 3. The lowest BCUT2D eigenvalue weighted by molar-refractivity contribution is 0.176. The number of nitrogens with zero attached hydrogens (tertiary/aromatic N) is 5. The molecule has 4 heterocycles. The monoisotopic (exact) mass is 424 g/mol. The number of aromatic nitrogens is 4. The Kier molecular flexibility index (Phi) is 4.65. The first kappa shape index (κ1) is 19.9. The molecule has 8 nitrogen and oxygen atoms in total. The zero-order chi connectivity index (χ0) is 21.9. The smallest absolute Gasteiger partial charge is 0.258 e. The van der Waals surface area contributed by atoms with Crippen LogP contribution >= 0.6 is 0 Å². The van der Waals surface area contributed by atoms with Gasteiger partial charge < -0.3 is 19.9 Å². The van der Waals surface area contributed by atoms with E-state index in [9.17, 15) is 14.3 Å². The van der Waals surface area contributed by atoms with E-state index in [-0.39, 0.29) is 29.2 Å². The Balaban J connectivity index is 1.46. The van der Waals surface area contributed by atoms with Gasteiger partial charge in [-0.2, -0.15) is 0 Å². The summed E-state index contributed by atoms with van der Waals surface area (Å²) in [7, 11) is 3.51. The van der Waals surface area contributed by atoms with Gasteiger partial charge in [-0.1, -0.05) is 0 Å². The van der Waals surface area contributed by atoms with Crippen LogP contribution in [0.2, 0.25) is 0 Å². The van der Waals surface area contributed by atoms with Gasteiger partial charge >= 0.3 is 0 Å². The first-order valence-electron chi connectivity index (χ1n) is 10.5. The molecule has 0 amide bonds. The highest BCUT2D eigenvalue weighted by Crippen LogP contribution is 2.34. The molecule has 9 heteroatoms. The number of phenolic OH excluding ortho intramolecular Hbond substituents is 1. The predicted molar refractivity (Wildman–Crippen MR) is 116 cm³/mol. The van der Waals surface area contributed by atoms with E-state index in [1.165, 1.54) is 10.6 Å². The van der Waals surface area contributed by atoms with Crippen molar-refractivity contribution >= 4 is 16.6 Å². The standard InChI is InChI=1S/C22H25FN6O2/c1-11-6-12-7-15(18(30)9-14(12)22(31)28(11)2)21-24-10-19(26-27-21)29(3)17-8-13-4-5-16(25-13)20(17)23/h6-7,9-10,13,16-17,20,25,30H,4-5,8H2,1-3H3/t13?,16-,17+,20-/m1/s1. The summed E-state index contributed by atoms with van der Waals surface area (Å²) in [4.78, 5) is 18.7. The van der Waals surface area contributed by atoms with Crippen molar-refractivity contribution < 1.29 is 9.50 Å². The number of piperidine rings is 1. The first-order valence-corrected chi connectivity index (χ1v) is 10.5. The van der Waals surface area contributed by atoms with Crippen LogP contribution in [0.4, 0.5) is 10.2 Å². The van der Waals surface area contributed by atoms with Crippen LogP contribution in [0.3, 0.4) is 0 Å². The van der Waals surface area contributed by atoms with Crippen LogP contribution in [0.25, 0.3) is 22.2 Å². The molecule has 3 aromatic rings. The topological polar surface area (TPSA) is 96.2 Å². The van der Waals surface area contributed by atoms with Gasteiger partial charge in [0.2, 0.25) is 0 Å². The Morgan fingerprint density at radius 3 is 2.81 bits per heavy atom. The Morgan fingerprint density at radius 2 is 2.06 bits per heavy atom. The summed E-state index contributed by atoms with van der Waals surface area (Å²) in [6, 6.07) is 4.99. The molecule has 0 saturated carbocycles. The molecule has 2 saturated heterocycles. The third-order valence-electron chi connectivity index (χ3n) is 6.80. The van der Waals surface area contributed by atoms with Crippen LogP contribution in [0, 0.1) is 6.92 Å². The molecule has 2 N–H and O–H groups in total. The van der Waals surface area contributed by atoms with E-state index < -0.39 is 6.17 Å². The summed E-state index contributed by atoms with van der Waals surface area (Å²) in [6.45, 7) is 1.85. The molecule has 2 aliphatic rings. The van der Waals surface area contributed by atoms with Crippen LogP contribution in [-0.4, -0.2) is 56.2 Å². The average molecular weight is 424 g/mol. The Hall–Kier alpha value is -3.07. The van der Waals surface area contributed by atoms with Gasteiger partial charge in [-0.25, -0.2) is 9.37 Å². The maximum Gasteiger partial charge on any atom is 0.258 e. The fourth-order valence-corrected chi connectivity index (χ4v) is 4.82. The Bertz CT molecular complexity index is 1210. The third kappa shape index (κ3) is 3.23. The molecule has 162 valence electrons. The van der Waals surface area contributed by atoms with Crippen molar-refractivity contribution in [1.29, 1.82) is 0 Å². The van der Waals surface area contributed by atoms with Crippen molar-refractivity contribution in [3.8, 4) is 17.1 Å². The number of benzene rings is 1. The minimum Gasteiger partial charge on any atom is -0.507 e. The summed E-state index contributed by atoms with van der Waals surface area (Å²) in [5.41, 5.74) is 1.02. The molecule has 1 aromatic carbocycles. The minimum atomic E-state index is -0.972. The molecule has 2 fully saturated rings. The predicted octanol–water partition coefficient (Wildman–Crippen LogP) is 2.07. The highest BCUT2D eigenvalue weighted by Gasteiger charge is 2.43. The van der Waals surface area contributed by atoms with Crippen LogP contribution < -0.4 is 15.8 Å². The molecule has 31 heavy (non-hydrogen) atoms. The van der Waals surface area contributed by atoms with Gasteiger partial charge in [0.1, 0.15) is 11.9 Å². The van der Waals surface area contributed by atoms with Crippen molar-refractivity contribution in [1.82, 2.24) is 25.1 Å². The summed E-state index contributed by atoms with van der Waals surface area (Å²) < 4.78 is 16.4. The first-order chi connectivity index (χ1) is 14.8. The van der Waals surface area contributed by atoms with Gasteiger partial charge in [0, 0.05) is 31.9 Å². The molecular weight excluding hydrogens is 399 g/mol. The summed E-state index contributed by atoms with van der Waals surface area (Å²) >= 11 is 0. The van der Waals surface area contributed by atoms with Crippen molar-refractivity contribution in [2.24, 2.45) is 7.05 Å². The molecule has 5 rings (SSSR count). The Labute approximate surface area is 178 Å². The van der Waals surface area contributed by atoms with Gasteiger partial charge in [-0.05, 0) is 49.8 Å². The number of rotatable bonds is 3. The van der Waals surface area contributed by atoms with E-state index in [2.05, 4.69) is 20.5 Å².